The van der Waals surface area contributed by atoms with Gasteiger partial charge >= 0.3 is 0 Å². The first kappa shape index (κ1) is 15.5. The number of hydrogen-bond acceptors (Lipinski definition) is 5. The fourth-order valence-corrected chi connectivity index (χ4v) is 2.54. The summed E-state index contributed by atoms with van der Waals surface area (Å²) in [7, 11) is 1.60. The molecule has 116 valence electrons. The Morgan fingerprint density at radius 2 is 2.24 bits per heavy atom. The molecule has 1 aliphatic rings. The number of likely N-dealkylation sites (N-methyl/N-ethyl adjacent to an activating group) is 1. The van der Waals surface area contributed by atoms with Crippen LogP contribution in [0.4, 0.5) is 5.69 Å². The van der Waals surface area contributed by atoms with Crippen molar-refractivity contribution in [3.63, 3.8) is 0 Å². The zero-order valence-electron chi connectivity index (χ0n) is 12.3. The highest BCUT2D eigenvalue weighted by atomic mass is 16.6. The fraction of sp³-hybridized carbons (Fsp3) is 0.615. The van der Waals surface area contributed by atoms with E-state index in [1.165, 1.54) is 17.2 Å². The SMILES string of the molecule is CC(C)n1cc([N+](=O)[O-])cc1C(=O)N(C)[C@H]1CNC[C@@H]1O. The van der Waals surface area contributed by atoms with Crippen molar-refractivity contribution in [3.05, 3.63) is 28.1 Å². The normalized spacial score (nSPS) is 21.8. The van der Waals surface area contributed by atoms with Crippen LogP contribution < -0.4 is 5.32 Å². The molecule has 2 heterocycles. The molecule has 1 saturated heterocycles. The predicted molar refractivity (Wildman–Crippen MR) is 76.2 cm³/mol. The Morgan fingerprint density at radius 1 is 1.57 bits per heavy atom. The zero-order chi connectivity index (χ0) is 15.7. The van der Waals surface area contributed by atoms with Crippen LogP contribution in [0.1, 0.15) is 30.4 Å². The Morgan fingerprint density at radius 3 is 2.71 bits per heavy atom. The van der Waals surface area contributed by atoms with E-state index < -0.39 is 11.0 Å². The molecule has 8 heteroatoms. The average molecular weight is 296 g/mol. The number of aliphatic hydroxyl groups excluding tert-OH is 1. The molecule has 1 amide bonds. The van der Waals surface area contributed by atoms with Crippen molar-refractivity contribution in [1.29, 1.82) is 0 Å². The van der Waals surface area contributed by atoms with Gasteiger partial charge in [-0.25, -0.2) is 0 Å². The van der Waals surface area contributed by atoms with Crippen molar-refractivity contribution < 1.29 is 14.8 Å². The Hall–Kier alpha value is -1.93. The van der Waals surface area contributed by atoms with Gasteiger partial charge in [-0.3, -0.25) is 14.9 Å². The van der Waals surface area contributed by atoms with E-state index in [0.29, 0.717) is 13.1 Å². The molecule has 2 N–H and O–H groups in total. The van der Waals surface area contributed by atoms with Gasteiger partial charge < -0.3 is 19.9 Å². The fourth-order valence-electron chi connectivity index (χ4n) is 2.54. The molecule has 0 radical (unpaired) electrons. The maximum absolute atomic E-state index is 12.6. The molecule has 0 unspecified atom stereocenters. The lowest BCUT2D eigenvalue weighted by molar-refractivity contribution is -0.384. The predicted octanol–water partition coefficient (Wildman–Crippen LogP) is 0.382. The van der Waals surface area contributed by atoms with Crippen LogP contribution in [0.3, 0.4) is 0 Å². The minimum Gasteiger partial charge on any atom is -0.390 e. The largest absolute Gasteiger partial charge is 0.390 e. The van der Waals surface area contributed by atoms with Crippen molar-refractivity contribution in [2.75, 3.05) is 20.1 Å². The summed E-state index contributed by atoms with van der Waals surface area (Å²) in [5, 5.41) is 23.8. The lowest BCUT2D eigenvalue weighted by atomic mass is 10.2. The van der Waals surface area contributed by atoms with Crippen LogP contribution in [-0.2, 0) is 0 Å². The van der Waals surface area contributed by atoms with E-state index >= 15 is 0 Å². The minimum absolute atomic E-state index is 0.0716. The summed E-state index contributed by atoms with van der Waals surface area (Å²) in [6.07, 6.45) is 0.742. The number of aromatic nitrogens is 1. The van der Waals surface area contributed by atoms with Gasteiger partial charge in [-0.2, -0.15) is 0 Å². The number of carbonyl (C=O) groups is 1. The maximum Gasteiger partial charge on any atom is 0.287 e. The van der Waals surface area contributed by atoms with Gasteiger partial charge in [0.15, 0.2) is 0 Å². The van der Waals surface area contributed by atoms with Crippen LogP contribution in [0, 0.1) is 10.1 Å². The number of carbonyl (C=O) groups excluding carboxylic acids is 1. The van der Waals surface area contributed by atoms with Gasteiger partial charge in [-0.05, 0) is 13.8 Å². The number of nitrogens with one attached hydrogen (secondary N) is 1. The molecule has 1 aromatic rings. The monoisotopic (exact) mass is 296 g/mol. The van der Waals surface area contributed by atoms with E-state index in [0.717, 1.165) is 0 Å². The number of nitro groups is 1. The van der Waals surface area contributed by atoms with Crippen molar-refractivity contribution in [3.8, 4) is 0 Å². The molecular formula is C13H20N4O4. The molecule has 2 rings (SSSR count). The first-order valence-electron chi connectivity index (χ1n) is 6.85. The minimum atomic E-state index is -0.628. The summed E-state index contributed by atoms with van der Waals surface area (Å²) in [5.74, 6) is -0.329. The van der Waals surface area contributed by atoms with E-state index in [9.17, 15) is 20.0 Å². The summed E-state index contributed by atoms with van der Waals surface area (Å²) >= 11 is 0. The molecule has 1 aromatic heterocycles. The number of aliphatic hydroxyl groups is 1. The molecule has 8 nitrogen and oxygen atoms in total. The Balaban J connectivity index is 2.31. The highest BCUT2D eigenvalue weighted by molar-refractivity contribution is 5.93. The number of β-amino-alcohol motifs (C(OH)–C–C–N with tert-alkyl or cyclic N) is 1. The van der Waals surface area contributed by atoms with Gasteiger partial charge in [0.25, 0.3) is 11.6 Å². The van der Waals surface area contributed by atoms with Crippen molar-refractivity contribution in [2.45, 2.75) is 32.0 Å². The van der Waals surface area contributed by atoms with Crippen LogP contribution in [0.15, 0.2) is 12.3 Å². The van der Waals surface area contributed by atoms with Crippen LogP contribution >= 0.6 is 0 Å². The molecule has 21 heavy (non-hydrogen) atoms. The lowest BCUT2D eigenvalue weighted by Gasteiger charge is -2.27. The van der Waals surface area contributed by atoms with Gasteiger partial charge in [0, 0.05) is 32.2 Å². The van der Waals surface area contributed by atoms with Crippen LogP contribution in [0.5, 0.6) is 0 Å². The molecular weight excluding hydrogens is 276 g/mol. The summed E-state index contributed by atoms with van der Waals surface area (Å²) in [4.78, 5) is 24.4. The maximum atomic E-state index is 12.6. The third-order valence-corrected chi connectivity index (χ3v) is 3.79. The molecule has 0 aromatic carbocycles. The zero-order valence-corrected chi connectivity index (χ0v) is 12.3. The standard InChI is InChI=1S/C13H20N4O4/c1-8(2)16-7-9(17(20)21)4-10(16)13(19)15(3)11-5-14-6-12(11)18/h4,7-8,11-12,14,18H,5-6H2,1-3H3/t11-,12-/m0/s1. The van der Waals surface area contributed by atoms with Crippen LogP contribution in [-0.4, -0.2) is 57.7 Å². The number of hydrogen-bond donors (Lipinski definition) is 2. The third kappa shape index (κ3) is 2.91. The van der Waals surface area contributed by atoms with Gasteiger partial charge in [-0.1, -0.05) is 0 Å². The second-order valence-electron chi connectivity index (χ2n) is 5.55. The second kappa shape index (κ2) is 5.82. The van der Waals surface area contributed by atoms with E-state index in [1.54, 1.807) is 11.6 Å². The smallest absolute Gasteiger partial charge is 0.287 e. The highest BCUT2D eigenvalue weighted by Crippen LogP contribution is 2.23. The van der Waals surface area contributed by atoms with E-state index in [2.05, 4.69) is 5.32 Å². The average Bonchev–Trinajstić information content (AvgIpc) is 3.03. The molecule has 0 aliphatic carbocycles. The van der Waals surface area contributed by atoms with Crippen LogP contribution in [0.25, 0.3) is 0 Å². The second-order valence-corrected chi connectivity index (χ2v) is 5.55. The molecule has 0 bridgehead atoms. The van der Waals surface area contributed by atoms with Crippen molar-refractivity contribution in [1.82, 2.24) is 14.8 Å². The first-order chi connectivity index (χ1) is 9.82. The third-order valence-electron chi connectivity index (χ3n) is 3.79. The molecule has 1 fully saturated rings. The van der Waals surface area contributed by atoms with E-state index in [-0.39, 0.29) is 29.4 Å². The lowest BCUT2D eigenvalue weighted by Crippen LogP contribution is -2.44. The van der Waals surface area contributed by atoms with Crippen LogP contribution in [0.2, 0.25) is 0 Å². The quantitative estimate of drug-likeness (QED) is 0.618. The Labute approximate surface area is 122 Å². The summed E-state index contributed by atoms with van der Waals surface area (Å²) in [6, 6.07) is 0.887. The van der Waals surface area contributed by atoms with E-state index in [1.807, 2.05) is 13.8 Å². The topological polar surface area (TPSA) is 101 Å². The van der Waals surface area contributed by atoms with E-state index in [4.69, 9.17) is 0 Å². The van der Waals surface area contributed by atoms with Gasteiger partial charge in [0.05, 0.1) is 23.3 Å². The number of nitrogens with zero attached hydrogens (tertiary/aromatic N) is 3. The van der Waals surface area contributed by atoms with Crippen molar-refractivity contribution >= 4 is 11.6 Å². The van der Waals surface area contributed by atoms with Gasteiger partial charge in [0.1, 0.15) is 5.69 Å². The molecule has 2 atom stereocenters. The van der Waals surface area contributed by atoms with Gasteiger partial charge in [0.2, 0.25) is 0 Å². The summed E-state index contributed by atoms with van der Waals surface area (Å²) in [5.41, 5.74) is 0.156. The Bertz CT molecular complexity index is 554. The highest BCUT2D eigenvalue weighted by Gasteiger charge is 2.33. The first-order valence-corrected chi connectivity index (χ1v) is 6.85. The molecule has 0 spiro atoms. The molecule has 1 aliphatic heterocycles. The van der Waals surface area contributed by atoms with Gasteiger partial charge in [-0.15, -0.1) is 0 Å². The summed E-state index contributed by atoms with van der Waals surface area (Å²) < 4.78 is 1.59. The van der Waals surface area contributed by atoms with Crippen molar-refractivity contribution in [2.24, 2.45) is 0 Å². The number of amides is 1. The number of rotatable bonds is 4. The molecule has 0 saturated carbocycles. The summed E-state index contributed by atoms with van der Waals surface area (Å²) in [6.45, 7) is 4.65. The Kier molecular flexibility index (Phi) is 4.29.